The Labute approximate surface area is 105 Å². The van der Waals surface area contributed by atoms with Gasteiger partial charge in [-0.1, -0.05) is 30.7 Å². The zero-order valence-corrected chi connectivity index (χ0v) is 10.7. The Bertz CT molecular complexity index is 447. The van der Waals surface area contributed by atoms with E-state index in [2.05, 4.69) is 42.6 Å². The van der Waals surface area contributed by atoms with Crippen molar-refractivity contribution in [1.82, 2.24) is 0 Å². The van der Waals surface area contributed by atoms with E-state index in [1.165, 1.54) is 10.4 Å². The van der Waals surface area contributed by atoms with E-state index >= 15 is 0 Å². The van der Waals surface area contributed by atoms with Crippen LogP contribution in [0.15, 0.2) is 36.4 Å². The Hall–Kier alpha value is -0.990. The second-order valence-corrected chi connectivity index (χ2v) is 5.41. The molecular formula is C13H14ClNS. The molecule has 1 nitrogen and oxygen atoms in total. The van der Waals surface area contributed by atoms with E-state index in [9.17, 15) is 0 Å². The second kappa shape index (κ2) is 5.37. The van der Waals surface area contributed by atoms with Crippen molar-refractivity contribution in [3.8, 4) is 0 Å². The Morgan fingerprint density at radius 3 is 2.44 bits per heavy atom. The van der Waals surface area contributed by atoms with E-state index < -0.39 is 0 Å². The molecule has 0 saturated heterocycles. The van der Waals surface area contributed by atoms with Crippen LogP contribution >= 0.6 is 22.9 Å². The summed E-state index contributed by atoms with van der Waals surface area (Å²) in [6.45, 7) is 3.00. The number of rotatable bonds is 4. The Morgan fingerprint density at radius 2 is 1.88 bits per heavy atom. The van der Waals surface area contributed by atoms with Gasteiger partial charge >= 0.3 is 0 Å². The van der Waals surface area contributed by atoms with Crippen molar-refractivity contribution < 1.29 is 0 Å². The van der Waals surface area contributed by atoms with Crippen LogP contribution in [0.2, 0.25) is 4.34 Å². The van der Waals surface area contributed by atoms with Gasteiger partial charge in [0.25, 0.3) is 0 Å². The summed E-state index contributed by atoms with van der Waals surface area (Å²) in [5.74, 6) is 0. The molecule has 0 radical (unpaired) electrons. The Morgan fingerprint density at radius 1 is 1.12 bits per heavy atom. The third-order valence-corrected chi connectivity index (χ3v) is 3.69. The summed E-state index contributed by atoms with van der Waals surface area (Å²) in [4.78, 5) is 1.25. The molecule has 1 N–H and O–H groups in total. The minimum atomic E-state index is 0.836. The number of anilines is 1. The lowest BCUT2D eigenvalue weighted by Gasteiger charge is -2.05. The molecule has 0 unspecified atom stereocenters. The SMILES string of the molecule is CCc1ccc(NCc2ccc(Cl)s2)cc1. The summed E-state index contributed by atoms with van der Waals surface area (Å²) >= 11 is 7.49. The first kappa shape index (κ1) is 11.5. The van der Waals surface area contributed by atoms with Gasteiger partial charge in [0, 0.05) is 17.1 Å². The van der Waals surface area contributed by atoms with Gasteiger partial charge in [0.15, 0.2) is 0 Å². The van der Waals surface area contributed by atoms with Gasteiger partial charge in [0.2, 0.25) is 0 Å². The van der Waals surface area contributed by atoms with Crippen LogP contribution in [-0.4, -0.2) is 0 Å². The van der Waals surface area contributed by atoms with Crippen LogP contribution < -0.4 is 5.32 Å². The fourth-order valence-corrected chi connectivity index (χ4v) is 2.52. The van der Waals surface area contributed by atoms with Crippen LogP contribution in [0.3, 0.4) is 0 Å². The average molecular weight is 252 g/mol. The molecule has 0 aliphatic carbocycles. The summed E-state index contributed by atoms with van der Waals surface area (Å²) in [5, 5.41) is 3.38. The molecule has 84 valence electrons. The predicted octanol–water partition coefficient (Wildman–Crippen LogP) is 4.58. The first-order valence-electron chi connectivity index (χ1n) is 5.35. The fraction of sp³-hybridized carbons (Fsp3) is 0.231. The number of hydrogen-bond acceptors (Lipinski definition) is 2. The van der Waals surface area contributed by atoms with E-state index in [0.717, 1.165) is 23.0 Å². The van der Waals surface area contributed by atoms with Crippen LogP contribution in [0.4, 0.5) is 5.69 Å². The van der Waals surface area contributed by atoms with E-state index in [0.29, 0.717) is 0 Å². The second-order valence-electron chi connectivity index (χ2n) is 3.61. The summed E-state index contributed by atoms with van der Waals surface area (Å²) in [5.41, 5.74) is 2.52. The van der Waals surface area contributed by atoms with Crippen molar-refractivity contribution in [3.63, 3.8) is 0 Å². The molecule has 0 aliphatic rings. The van der Waals surface area contributed by atoms with E-state index in [-0.39, 0.29) is 0 Å². The Balaban J connectivity index is 1.94. The quantitative estimate of drug-likeness (QED) is 0.839. The Kier molecular flexibility index (Phi) is 3.86. The highest BCUT2D eigenvalue weighted by Crippen LogP contribution is 2.22. The van der Waals surface area contributed by atoms with Crippen LogP contribution in [0, 0.1) is 0 Å². The summed E-state index contributed by atoms with van der Waals surface area (Å²) in [7, 11) is 0. The smallest absolute Gasteiger partial charge is 0.0931 e. The maximum Gasteiger partial charge on any atom is 0.0931 e. The number of aryl methyl sites for hydroxylation is 1. The predicted molar refractivity (Wildman–Crippen MR) is 72.5 cm³/mol. The average Bonchev–Trinajstić information content (AvgIpc) is 2.73. The third kappa shape index (κ3) is 3.00. The molecular weight excluding hydrogens is 238 g/mol. The van der Waals surface area contributed by atoms with Crippen LogP contribution in [-0.2, 0) is 13.0 Å². The molecule has 0 spiro atoms. The summed E-state index contributed by atoms with van der Waals surface area (Å²) in [6.07, 6.45) is 1.08. The van der Waals surface area contributed by atoms with E-state index in [4.69, 9.17) is 11.6 Å². The number of thiophene rings is 1. The molecule has 1 heterocycles. The van der Waals surface area contributed by atoms with Gasteiger partial charge in [-0.2, -0.15) is 0 Å². The number of nitrogens with one attached hydrogen (secondary N) is 1. The molecule has 1 aromatic heterocycles. The van der Waals surface area contributed by atoms with Gasteiger partial charge in [0.1, 0.15) is 0 Å². The lowest BCUT2D eigenvalue weighted by molar-refractivity contribution is 1.13. The molecule has 0 atom stereocenters. The van der Waals surface area contributed by atoms with Gasteiger partial charge in [-0.05, 0) is 36.2 Å². The van der Waals surface area contributed by atoms with Crippen LogP contribution in [0.25, 0.3) is 0 Å². The molecule has 0 bridgehead atoms. The van der Waals surface area contributed by atoms with Gasteiger partial charge in [0.05, 0.1) is 4.34 Å². The zero-order chi connectivity index (χ0) is 11.4. The molecule has 2 aromatic rings. The highest BCUT2D eigenvalue weighted by Gasteiger charge is 1.98. The molecule has 1 aromatic carbocycles. The topological polar surface area (TPSA) is 12.0 Å². The van der Waals surface area contributed by atoms with Gasteiger partial charge in [-0.3, -0.25) is 0 Å². The van der Waals surface area contributed by atoms with Crippen molar-refractivity contribution in [2.24, 2.45) is 0 Å². The van der Waals surface area contributed by atoms with Crippen molar-refractivity contribution in [3.05, 3.63) is 51.2 Å². The maximum absolute atomic E-state index is 5.87. The largest absolute Gasteiger partial charge is 0.380 e. The fourth-order valence-electron chi connectivity index (χ4n) is 1.49. The first-order valence-corrected chi connectivity index (χ1v) is 6.54. The maximum atomic E-state index is 5.87. The third-order valence-electron chi connectivity index (χ3n) is 2.46. The van der Waals surface area contributed by atoms with E-state index in [1.807, 2.05) is 6.07 Å². The van der Waals surface area contributed by atoms with Crippen LogP contribution in [0.5, 0.6) is 0 Å². The standard InChI is InChI=1S/C13H14ClNS/c1-2-10-3-5-11(6-4-10)15-9-12-7-8-13(14)16-12/h3-8,15H,2,9H2,1H3. The number of halogens is 1. The molecule has 0 amide bonds. The van der Waals surface area contributed by atoms with Gasteiger partial charge < -0.3 is 5.32 Å². The minimum Gasteiger partial charge on any atom is -0.380 e. The van der Waals surface area contributed by atoms with Gasteiger partial charge in [-0.15, -0.1) is 11.3 Å². The molecule has 0 saturated carbocycles. The molecule has 16 heavy (non-hydrogen) atoms. The number of benzene rings is 1. The first-order chi connectivity index (χ1) is 7.78. The van der Waals surface area contributed by atoms with Crippen molar-refractivity contribution in [2.75, 3.05) is 5.32 Å². The molecule has 3 heteroatoms. The lowest BCUT2D eigenvalue weighted by Crippen LogP contribution is -1.97. The van der Waals surface area contributed by atoms with Crippen molar-refractivity contribution in [2.45, 2.75) is 19.9 Å². The van der Waals surface area contributed by atoms with Crippen molar-refractivity contribution >= 4 is 28.6 Å². The van der Waals surface area contributed by atoms with Gasteiger partial charge in [-0.25, -0.2) is 0 Å². The highest BCUT2D eigenvalue weighted by molar-refractivity contribution is 7.16. The summed E-state index contributed by atoms with van der Waals surface area (Å²) < 4.78 is 0.845. The van der Waals surface area contributed by atoms with E-state index in [1.54, 1.807) is 11.3 Å². The zero-order valence-electron chi connectivity index (χ0n) is 9.16. The minimum absolute atomic E-state index is 0.836. The molecule has 0 aliphatic heterocycles. The van der Waals surface area contributed by atoms with Crippen LogP contribution in [0.1, 0.15) is 17.4 Å². The lowest BCUT2D eigenvalue weighted by atomic mass is 10.1. The summed E-state index contributed by atoms with van der Waals surface area (Å²) in [6, 6.07) is 12.5. The van der Waals surface area contributed by atoms with Crippen molar-refractivity contribution in [1.29, 1.82) is 0 Å². The monoisotopic (exact) mass is 251 g/mol. The molecule has 0 fully saturated rings. The normalized spacial score (nSPS) is 10.4. The number of hydrogen-bond donors (Lipinski definition) is 1. The molecule has 2 rings (SSSR count). The highest BCUT2D eigenvalue weighted by atomic mass is 35.5.